The van der Waals surface area contributed by atoms with Crippen molar-refractivity contribution in [2.24, 2.45) is 0 Å². The molecule has 0 aliphatic heterocycles. The molecule has 0 radical (unpaired) electrons. The summed E-state index contributed by atoms with van der Waals surface area (Å²) in [5.41, 5.74) is 2.22. The lowest BCUT2D eigenvalue weighted by atomic mass is 10.1. The summed E-state index contributed by atoms with van der Waals surface area (Å²) >= 11 is 1.55. The van der Waals surface area contributed by atoms with Crippen LogP contribution in [0.2, 0.25) is 0 Å². The van der Waals surface area contributed by atoms with E-state index in [2.05, 4.69) is 20.7 Å². The third kappa shape index (κ3) is 3.40. The first-order chi connectivity index (χ1) is 12.7. The number of halogens is 1. The minimum Gasteiger partial charge on any atom is -0.355 e. The number of aromatic amines is 1. The summed E-state index contributed by atoms with van der Waals surface area (Å²) in [5.74, 6) is 0.0349. The number of carbonyl (C=O) groups excluding carboxylic acids is 1. The number of aromatic nitrogens is 3. The van der Waals surface area contributed by atoms with E-state index in [1.54, 1.807) is 35.6 Å². The monoisotopic (exact) mass is 368 g/mol. The zero-order valence-electron chi connectivity index (χ0n) is 13.4. The summed E-state index contributed by atoms with van der Waals surface area (Å²) in [6.07, 6.45) is 0. The molecule has 2 N–H and O–H groups in total. The Morgan fingerprint density at radius 2 is 2.08 bits per heavy atom. The minimum atomic E-state index is -0.322. The molecule has 1 amide bonds. The lowest BCUT2D eigenvalue weighted by Crippen LogP contribution is -2.23. The molecule has 4 aromatic rings. The van der Waals surface area contributed by atoms with Gasteiger partial charge >= 0.3 is 0 Å². The summed E-state index contributed by atoms with van der Waals surface area (Å²) in [5, 5.41) is 15.4. The van der Waals surface area contributed by atoms with Crippen LogP contribution < -0.4 is 5.32 Å². The maximum Gasteiger partial charge on any atom is 0.269 e. The number of H-pyrrole nitrogens is 1. The number of nitrogens with one attached hydrogen (secondary N) is 2. The summed E-state index contributed by atoms with van der Waals surface area (Å²) in [7, 11) is 0. The van der Waals surface area contributed by atoms with Crippen molar-refractivity contribution in [1.29, 1.82) is 0 Å². The smallest absolute Gasteiger partial charge is 0.269 e. The van der Waals surface area contributed by atoms with E-state index in [9.17, 15) is 9.18 Å². The lowest BCUT2D eigenvalue weighted by Gasteiger charge is -1.99. The Hall–Kier alpha value is -3.26. The fraction of sp³-hybridized carbons (Fsp3) is 0.0556. The van der Waals surface area contributed by atoms with E-state index >= 15 is 0 Å². The van der Waals surface area contributed by atoms with Crippen molar-refractivity contribution in [1.82, 2.24) is 20.7 Å². The first-order valence-corrected chi connectivity index (χ1v) is 8.66. The van der Waals surface area contributed by atoms with Gasteiger partial charge in [0.15, 0.2) is 5.76 Å². The van der Waals surface area contributed by atoms with Gasteiger partial charge in [-0.15, -0.1) is 11.3 Å². The van der Waals surface area contributed by atoms with Gasteiger partial charge in [-0.3, -0.25) is 9.89 Å². The Bertz CT molecular complexity index is 1020. The van der Waals surface area contributed by atoms with Crippen molar-refractivity contribution in [3.05, 3.63) is 71.1 Å². The normalized spacial score (nSPS) is 10.8. The zero-order valence-corrected chi connectivity index (χ0v) is 14.2. The number of nitrogens with zero attached hydrogens (tertiary/aromatic N) is 2. The predicted octanol–water partition coefficient (Wildman–Crippen LogP) is 3.86. The standard InChI is InChI=1S/C18H13FN4O2S/c19-12-5-3-11(4-6-12)14-9-15(22-21-14)18(24)20-10-13-8-16(25-23-13)17-2-1-7-26-17/h1-9H,10H2,(H,20,24)(H,21,22). The molecule has 0 aliphatic carbocycles. The van der Waals surface area contributed by atoms with Gasteiger partial charge in [-0.25, -0.2) is 4.39 Å². The molecule has 0 bridgehead atoms. The van der Waals surface area contributed by atoms with Crippen LogP contribution in [-0.2, 0) is 6.54 Å². The van der Waals surface area contributed by atoms with Crippen LogP contribution in [0, 0.1) is 5.82 Å². The van der Waals surface area contributed by atoms with Crippen molar-refractivity contribution >= 4 is 17.2 Å². The van der Waals surface area contributed by atoms with Crippen molar-refractivity contribution in [2.45, 2.75) is 6.54 Å². The molecule has 26 heavy (non-hydrogen) atoms. The van der Waals surface area contributed by atoms with E-state index in [0.717, 1.165) is 10.4 Å². The summed E-state index contributed by atoms with van der Waals surface area (Å²) < 4.78 is 18.3. The van der Waals surface area contributed by atoms with Crippen molar-refractivity contribution in [3.8, 4) is 21.9 Å². The second-order valence-corrected chi connectivity index (χ2v) is 6.46. The number of benzene rings is 1. The Morgan fingerprint density at radius 1 is 1.23 bits per heavy atom. The van der Waals surface area contributed by atoms with Gasteiger partial charge in [0.1, 0.15) is 17.2 Å². The van der Waals surface area contributed by atoms with Gasteiger partial charge in [0.05, 0.1) is 17.1 Å². The number of hydrogen-bond donors (Lipinski definition) is 2. The highest BCUT2D eigenvalue weighted by Crippen LogP contribution is 2.25. The van der Waals surface area contributed by atoms with Crippen LogP contribution in [0.25, 0.3) is 21.9 Å². The molecule has 0 spiro atoms. The minimum absolute atomic E-state index is 0.235. The van der Waals surface area contributed by atoms with Gasteiger partial charge in [0, 0.05) is 11.6 Å². The molecule has 6 nitrogen and oxygen atoms in total. The highest BCUT2D eigenvalue weighted by atomic mass is 32.1. The number of thiophene rings is 1. The first-order valence-electron chi connectivity index (χ1n) is 7.78. The van der Waals surface area contributed by atoms with Crippen molar-refractivity contribution < 1.29 is 13.7 Å². The van der Waals surface area contributed by atoms with Gasteiger partial charge in [-0.2, -0.15) is 5.10 Å². The molecule has 0 aliphatic rings. The third-order valence-corrected chi connectivity index (χ3v) is 4.60. The third-order valence-electron chi connectivity index (χ3n) is 3.72. The van der Waals surface area contributed by atoms with Gasteiger partial charge in [-0.1, -0.05) is 11.2 Å². The van der Waals surface area contributed by atoms with Gasteiger partial charge in [0.25, 0.3) is 5.91 Å². The van der Waals surface area contributed by atoms with E-state index < -0.39 is 0 Å². The average Bonchev–Trinajstić information content (AvgIpc) is 3.41. The van der Waals surface area contributed by atoms with E-state index in [4.69, 9.17) is 4.52 Å². The molecule has 0 saturated carbocycles. The van der Waals surface area contributed by atoms with Crippen LogP contribution in [0.1, 0.15) is 16.2 Å². The fourth-order valence-electron chi connectivity index (χ4n) is 2.40. The maximum absolute atomic E-state index is 13.0. The molecule has 0 fully saturated rings. The summed E-state index contributed by atoms with van der Waals surface area (Å²) in [4.78, 5) is 13.2. The van der Waals surface area contributed by atoms with Crippen LogP contribution in [-0.4, -0.2) is 21.3 Å². The molecule has 4 rings (SSSR count). The molecule has 0 unspecified atom stereocenters. The Morgan fingerprint density at radius 3 is 2.85 bits per heavy atom. The Balaban J connectivity index is 1.40. The van der Waals surface area contributed by atoms with E-state index in [1.165, 1.54) is 12.1 Å². The molecule has 3 aromatic heterocycles. The van der Waals surface area contributed by atoms with E-state index in [0.29, 0.717) is 22.8 Å². The quantitative estimate of drug-likeness (QED) is 0.560. The van der Waals surface area contributed by atoms with Gasteiger partial charge in [0.2, 0.25) is 0 Å². The summed E-state index contributed by atoms with van der Waals surface area (Å²) in [6, 6.07) is 13.2. The molecular weight excluding hydrogens is 355 g/mol. The predicted molar refractivity (Wildman–Crippen MR) is 95.0 cm³/mol. The molecule has 1 aromatic carbocycles. The number of hydrogen-bond acceptors (Lipinski definition) is 5. The van der Waals surface area contributed by atoms with Crippen LogP contribution in [0.15, 0.2) is 58.4 Å². The Kier molecular flexibility index (Phi) is 4.32. The SMILES string of the molecule is O=C(NCc1cc(-c2cccs2)on1)c1cc(-c2ccc(F)cc2)n[nH]1. The highest BCUT2D eigenvalue weighted by molar-refractivity contribution is 7.13. The second-order valence-electron chi connectivity index (χ2n) is 5.52. The second kappa shape index (κ2) is 6.93. The fourth-order valence-corrected chi connectivity index (χ4v) is 3.08. The van der Waals surface area contributed by atoms with Crippen molar-refractivity contribution in [2.75, 3.05) is 0 Å². The number of carbonyl (C=O) groups is 1. The molecule has 0 saturated heterocycles. The number of rotatable bonds is 5. The van der Waals surface area contributed by atoms with Crippen LogP contribution in [0.4, 0.5) is 4.39 Å². The largest absolute Gasteiger partial charge is 0.355 e. The molecule has 8 heteroatoms. The average molecular weight is 368 g/mol. The van der Waals surface area contributed by atoms with Crippen LogP contribution >= 0.6 is 11.3 Å². The lowest BCUT2D eigenvalue weighted by molar-refractivity contribution is 0.0945. The maximum atomic E-state index is 13.0. The summed E-state index contributed by atoms with van der Waals surface area (Å²) in [6.45, 7) is 0.235. The topological polar surface area (TPSA) is 83.8 Å². The molecule has 3 heterocycles. The number of amides is 1. The van der Waals surface area contributed by atoms with Crippen LogP contribution in [0.5, 0.6) is 0 Å². The molecular formula is C18H13FN4O2S. The highest BCUT2D eigenvalue weighted by Gasteiger charge is 2.13. The first kappa shape index (κ1) is 16.2. The van der Waals surface area contributed by atoms with E-state index in [1.807, 2.05) is 17.5 Å². The van der Waals surface area contributed by atoms with Gasteiger partial charge in [-0.05, 0) is 41.8 Å². The van der Waals surface area contributed by atoms with Crippen LogP contribution in [0.3, 0.4) is 0 Å². The Labute approximate surface area is 151 Å². The molecule has 130 valence electrons. The van der Waals surface area contributed by atoms with Gasteiger partial charge < -0.3 is 9.84 Å². The van der Waals surface area contributed by atoms with E-state index in [-0.39, 0.29) is 18.3 Å². The molecule has 0 atom stereocenters. The zero-order chi connectivity index (χ0) is 17.9. The van der Waals surface area contributed by atoms with Crippen molar-refractivity contribution in [3.63, 3.8) is 0 Å².